The van der Waals surface area contributed by atoms with Crippen LogP contribution in [0.3, 0.4) is 0 Å². The van der Waals surface area contributed by atoms with E-state index >= 15 is 0 Å². The molecule has 0 heterocycles. The van der Waals surface area contributed by atoms with E-state index in [1.165, 1.54) is 4.90 Å². The van der Waals surface area contributed by atoms with E-state index in [0.717, 1.165) is 0 Å². The molecule has 1 N–H and O–H groups in total. The number of carboxylic acids is 1. The molecule has 8 heteroatoms. The fourth-order valence-electron chi connectivity index (χ4n) is 1.97. The van der Waals surface area contributed by atoms with Crippen LogP contribution in [0, 0.1) is 0 Å². The third kappa shape index (κ3) is 13.2. The topological polar surface area (TPSA) is 110 Å². The predicted molar refractivity (Wildman–Crippen MR) is 94.4 cm³/mol. The first-order valence-corrected chi connectivity index (χ1v) is 8.63. The molecular formula is C18H31NO7. The van der Waals surface area contributed by atoms with E-state index in [9.17, 15) is 19.2 Å². The number of hydrogen-bond acceptors (Lipinski definition) is 6. The van der Waals surface area contributed by atoms with Gasteiger partial charge in [-0.05, 0) is 41.5 Å². The molecule has 0 rings (SSSR count). The minimum Gasteiger partial charge on any atom is -0.481 e. The van der Waals surface area contributed by atoms with Gasteiger partial charge >= 0.3 is 17.9 Å². The van der Waals surface area contributed by atoms with Crippen LogP contribution < -0.4 is 0 Å². The molecule has 0 aromatic rings. The number of carbonyl (C=O) groups excluding carboxylic acids is 3. The molecule has 1 amide bonds. The highest BCUT2D eigenvalue weighted by Gasteiger charge is 2.22. The maximum Gasteiger partial charge on any atom is 0.308 e. The Morgan fingerprint density at radius 3 is 1.42 bits per heavy atom. The average Bonchev–Trinajstić information content (AvgIpc) is 2.40. The Balaban J connectivity index is 4.74. The highest BCUT2D eigenvalue weighted by atomic mass is 16.6. The van der Waals surface area contributed by atoms with Crippen LogP contribution in [-0.2, 0) is 28.7 Å². The SMILES string of the molecule is CC(C)(C)OC(=O)CCN(CCC(=O)OC(C)(C)C)C(=O)CCC(=O)O. The van der Waals surface area contributed by atoms with Crippen molar-refractivity contribution in [2.45, 2.75) is 78.4 Å². The lowest BCUT2D eigenvalue weighted by atomic mass is 10.2. The van der Waals surface area contributed by atoms with Crippen molar-refractivity contribution in [3.63, 3.8) is 0 Å². The highest BCUT2D eigenvalue weighted by Crippen LogP contribution is 2.11. The number of amides is 1. The second-order valence-corrected chi connectivity index (χ2v) is 7.95. The molecule has 0 bridgehead atoms. The van der Waals surface area contributed by atoms with Crippen molar-refractivity contribution in [1.29, 1.82) is 0 Å². The molecule has 0 spiro atoms. The number of aliphatic carboxylic acids is 1. The maximum atomic E-state index is 12.2. The molecule has 0 saturated carbocycles. The summed E-state index contributed by atoms with van der Waals surface area (Å²) in [5.74, 6) is -2.45. The third-order valence-electron chi connectivity index (χ3n) is 2.92. The van der Waals surface area contributed by atoms with Gasteiger partial charge in [-0.1, -0.05) is 0 Å². The third-order valence-corrected chi connectivity index (χ3v) is 2.92. The minimum atomic E-state index is -1.09. The first kappa shape index (κ1) is 23.9. The van der Waals surface area contributed by atoms with Gasteiger partial charge in [0.25, 0.3) is 0 Å². The van der Waals surface area contributed by atoms with E-state index in [1.54, 1.807) is 41.5 Å². The Hall–Kier alpha value is -2.12. The van der Waals surface area contributed by atoms with Crippen LogP contribution in [0.5, 0.6) is 0 Å². The molecule has 0 unspecified atom stereocenters. The van der Waals surface area contributed by atoms with Crippen molar-refractivity contribution in [3.8, 4) is 0 Å². The Kier molecular flexibility index (Phi) is 9.31. The molecule has 0 aliphatic carbocycles. The number of rotatable bonds is 9. The van der Waals surface area contributed by atoms with Gasteiger partial charge in [-0.15, -0.1) is 0 Å². The van der Waals surface area contributed by atoms with Gasteiger partial charge in [-0.25, -0.2) is 0 Å². The number of carboxylic acid groups (broad SMARTS) is 1. The minimum absolute atomic E-state index is 0.0373. The summed E-state index contributed by atoms with van der Waals surface area (Å²) in [5.41, 5.74) is -1.27. The molecule has 0 atom stereocenters. The zero-order chi connectivity index (χ0) is 20.5. The summed E-state index contributed by atoms with van der Waals surface area (Å²) >= 11 is 0. The van der Waals surface area contributed by atoms with Crippen LogP contribution >= 0.6 is 0 Å². The van der Waals surface area contributed by atoms with Gasteiger partial charge in [0.05, 0.1) is 19.3 Å². The molecular weight excluding hydrogens is 342 g/mol. The van der Waals surface area contributed by atoms with Gasteiger partial charge in [0.15, 0.2) is 0 Å². The Morgan fingerprint density at radius 2 is 1.12 bits per heavy atom. The van der Waals surface area contributed by atoms with Crippen LogP contribution in [0.25, 0.3) is 0 Å². The second-order valence-electron chi connectivity index (χ2n) is 7.95. The molecule has 0 aromatic heterocycles. The fourth-order valence-corrected chi connectivity index (χ4v) is 1.97. The second kappa shape index (κ2) is 10.1. The fraction of sp³-hybridized carbons (Fsp3) is 0.778. The van der Waals surface area contributed by atoms with Gasteiger partial charge < -0.3 is 19.5 Å². The molecule has 8 nitrogen and oxygen atoms in total. The number of esters is 2. The van der Waals surface area contributed by atoms with Crippen LogP contribution in [0.4, 0.5) is 0 Å². The number of nitrogens with zero attached hydrogens (tertiary/aromatic N) is 1. The maximum absolute atomic E-state index is 12.2. The smallest absolute Gasteiger partial charge is 0.308 e. The normalized spacial score (nSPS) is 11.6. The summed E-state index contributed by atoms with van der Waals surface area (Å²) in [6.45, 7) is 10.5. The summed E-state index contributed by atoms with van der Waals surface area (Å²) in [6, 6.07) is 0. The van der Waals surface area contributed by atoms with Gasteiger partial charge in [-0.2, -0.15) is 0 Å². The molecule has 0 radical (unpaired) electrons. The van der Waals surface area contributed by atoms with Gasteiger partial charge in [-0.3, -0.25) is 19.2 Å². The quantitative estimate of drug-likeness (QED) is 0.616. The monoisotopic (exact) mass is 373 g/mol. The highest BCUT2D eigenvalue weighted by molar-refractivity contribution is 5.81. The molecule has 0 aliphatic rings. The Labute approximate surface area is 154 Å². The number of ether oxygens (including phenoxy) is 2. The molecule has 0 fully saturated rings. The van der Waals surface area contributed by atoms with Crippen molar-refractivity contribution >= 4 is 23.8 Å². The van der Waals surface area contributed by atoms with Crippen molar-refractivity contribution < 1.29 is 33.8 Å². The van der Waals surface area contributed by atoms with E-state index < -0.39 is 35.0 Å². The van der Waals surface area contributed by atoms with Crippen LogP contribution in [0.1, 0.15) is 67.2 Å². The summed E-state index contributed by atoms with van der Waals surface area (Å²) in [7, 11) is 0. The molecule has 0 saturated heterocycles. The van der Waals surface area contributed by atoms with Crippen molar-refractivity contribution in [2.24, 2.45) is 0 Å². The summed E-state index contributed by atoms with van der Waals surface area (Å²) < 4.78 is 10.4. The first-order chi connectivity index (χ1) is 11.7. The number of carbonyl (C=O) groups is 4. The van der Waals surface area contributed by atoms with Crippen LogP contribution in [0.2, 0.25) is 0 Å². The molecule has 0 aliphatic heterocycles. The van der Waals surface area contributed by atoms with Gasteiger partial charge in [0.2, 0.25) is 5.91 Å². The summed E-state index contributed by atoms with van der Waals surface area (Å²) in [4.78, 5) is 47.8. The van der Waals surface area contributed by atoms with Crippen molar-refractivity contribution in [2.75, 3.05) is 13.1 Å². The lowest BCUT2D eigenvalue weighted by molar-refractivity contribution is -0.156. The first-order valence-electron chi connectivity index (χ1n) is 8.63. The molecule has 0 aromatic carbocycles. The van der Waals surface area contributed by atoms with E-state index in [2.05, 4.69) is 0 Å². The van der Waals surface area contributed by atoms with E-state index in [1.807, 2.05) is 0 Å². The molecule has 26 heavy (non-hydrogen) atoms. The summed E-state index contributed by atoms with van der Waals surface area (Å²) in [6.07, 6.45) is -0.582. The van der Waals surface area contributed by atoms with Crippen molar-refractivity contribution in [3.05, 3.63) is 0 Å². The van der Waals surface area contributed by atoms with E-state index in [0.29, 0.717) is 0 Å². The van der Waals surface area contributed by atoms with E-state index in [4.69, 9.17) is 14.6 Å². The molecule has 150 valence electrons. The Morgan fingerprint density at radius 1 is 0.731 bits per heavy atom. The predicted octanol–water partition coefficient (Wildman–Crippen LogP) is 2.14. The van der Waals surface area contributed by atoms with Gasteiger partial charge in [0, 0.05) is 19.5 Å². The zero-order valence-corrected chi connectivity index (χ0v) is 16.6. The lowest BCUT2D eigenvalue weighted by Gasteiger charge is -2.25. The standard InChI is InChI=1S/C18H31NO7/c1-17(2,3)25-15(23)9-11-19(13(20)7-8-14(21)22)12-10-16(24)26-18(4,5)6/h7-12H2,1-6H3,(H,21,22). The summed E-state index contributed by atoms with van der Waals surface area (Å²) in [5, 5.41) is 8.72. The van der Waals surface area contributed by atoms with Gasteiger partial charge in [0.1, 0.15) is 11.2 Å². The van der Waals surface area contributed by atoms with Crippen LogP contribution in [0.15, 0.2) is 0 Å². The van der Waals surface area contributed by atoms with Crippen LogP contribution in [-0.4, -0.2) is 58.1 Å². The van der Waals surface area contributed by atoms with Crippen molar-refractivity contribution in [1.82, 2.24) is 4.90 Å². The number of hydrogen-bond donors (Lipinski definition) is 1. The van der Waals surface area contributed by atoms with E-state index in [-0.39, 0.29) is 38.8 Å². The Bertz CT molecular complexity index is 483. The average molecular weight is 373 g/mol. The largest absolute Gasteiger partial charge is 0.481 e. The lowest BCUT2D eigenvalue weighted by Crippen LogP contribution is -2.37. The zero-order valence-electron chi connectivity index (χ0n) is 16.6.